The highest BCUT2D eigenvalue weighted by molar-refractivity contribution is 5.99. The van der Waals surface area contributed by atoms with Gasteiger partial charge in [-0.05, 0) is 6.07 Å². The summed E-state index contributed by atoms with van der Waals surface area (Å²) >= 11 is 0. The molecular formula is C12H9N3O3. The Balaban J connectivity index is 2.15. The van der Waals surface area contributed by atoms with E-state index in [1.54, 1.807) is 10.6 Å². The predicted octanol–water partition coefficient (Wildman–Crippen LogP) is 0.793. The van der Waals surface area contributed by atoms with Crippen molar-refractivity contribution < 1.29 is 14.3 Å². The van der Waals surface area contributed by atoms with Gasteiger partial charge in [-0.25, -0.2) is 14.8 Å². The van der Waals surface area contributed by atoms with Gasteiger partial charge in [0.15, 0.2) is 5.78 Å². The van der Waals surface area contributed by atoms with Crippen LogP contribution in [-0.4, -0.2) is 33.4 Å². The molecule has 0 saturated heterocycles. The number of carbonyl (C=O) groups excluding carboxylic acids is 2. The number of ketones is 1. The normalized spacial score (nSPS) is 12.8. The third kappa shape index (κ3) is 1.42. The molecule has 1 aliphatic rings. The van der Waals surface area contributed by atoms with Crippen LogP contribution in [0.2, 0.25) is 0 Å². The highest BCUT2D eigenvalue weighted by Crippen LogP contribution is 2.23. The first-order valence-electron chi connectivity index (χ1n) is 5.34. The molecule has 0 bridgehead atoms. The number of aromatic nitrogens is 3. The number of hydrogen-bond acceptors (Lipinski definition) is 5. The highest BCUT2D eigenvalue weighted by atomic mass is 16.5. The zero-order valence-corrected chi connectivity index (χ0v) is 9.58. The minimum absolute atomic E-state index is 0.0381. The number of ether oxygens (including phenoxy) is 1. The molecule has 3 heterocycles. The summed E-state index contributed by atoms with van der Waals surface area (Å²) in [6, 6.07) is 1.63. The largest absolute Gasteiger partial charge is 0.465 e. The van der Waals surface area contributed by atoms with E-state index in [9.17, 15) is 9.59 Å². The maximum Gasteiger partial charge on any atom is 0.339 e. The van der Waals surface area contributed by atoms with Gasteiger partial charge in [-0.2, -0.15) is 0 Å². The average molecular weight is 243 g/mol. The Bertz CT molecular complexity index is 660. The third-order valence-corrected chi connectivity index (χ3v) is 2.87. The molecule has 0 atom stereocenters. The fourth-order valence-electron chi connectivity index (χ4n) is 2.01. The number of pyridine rings is 1. The minimum atomic E-state index is -0.464. The van der Waals surface area contributed by atoms with Gasteiger partial charge in [-0.1, -0.05) is 0 Å². The van der Waals surface area contributed by atoms with Crippen molar-refractivity contribution in [1.82, 2.24) is 14.5 Å². The Hall–Kier alpha value is -2.50. The molecule has 0 amide bonds. The maximum atomic E-state index is 11.9. The third-order valence-electron chi connectivity index (χ3n) is 2.87. The summed E-state index contributed by atoms with van der Waals surface area (Å²) in [6.07, 6.45) is 4.71. The number of fused-ring (bicyclic) bond motifs is 3. The van der Waals surface area contributed by atoms with Crippen molar-refractivity contribution in [1.29, 1.82) is 0 Å². The van der Waals surface area contributed by atoms with Crippen LogP contribution in [0.3, 0.4) is 0 Å². The molecule has 2 aromatic rings. The fourth-order valence-corrected chi connectivity index (χ4v) is 2.01. The first-order chi connectivity index (χ1) is 8.70. The second-order valence-corrected chi connectivity index (χ2v) is 3.95. The molecule has 1 aliphatic heterocycles. The van der Waals surface area contributed by atoms with E-state index in [1.807, 2.05) is 0 Å². The molecule has 18 heavy (non-hydrogen) atoms. The fraction of sp³-hybridized carbons (Fsp3) is 0.167. The Labute approximate surface area is 102 Å². The molecule has 0 N–H and O–H groups in total. The van der Waals surface area contributed by atoms with Gasteiger partial charge in [-0.15, -0.1) is 0 Å². The number of Topliss-reactive ketones (excluding diaryl/α,β-unsaturated/α-hetero) is 1. The second kappa shape index (κ2) is 3.76. The molecule has 0 spiro atoms. The van der Waals surface area contributed by atoms with Crippen molar-refractivity contribution in [3.8, 4) is 5.82 Å². The van der Waals surface area contributed by atoms with Crippen molar-refractivity contribution in [3.63, 3.8) is 0 Å². The van der Waals surface area contributed by atoms with E-state index in [1.165, 1.54) is 25.8 Å². The molecule has 2 aromatic heterocycles. The molecule has 6 nitrogen and oxygen atoms in total. The number of nitrogens with zero attached hydrogens (tertiary/aromatic N) is 3. The van der Waals surface area contributed by atoms with Crippen LogP contribution in [0.5, 0.6) is 0 Å². The highest BCUT2D eigenvalue weighted by Gasteiger charge is 2.24. The zero-order valence-electron chi connectivity index (χ0n) is 9.58. The Kier molecular flexibility index (Phi) is 2.22. The minimum Gasteiger partial charge on any atom is -0.465 e. The van der Waals surface area contributed by atoms with Crippen molar-refractivity contribution in [2.24, 2.45) is 0 Å². The number of carbonyl (C=O) groups is 2. The lowest BCUT2D eigenvalue weighted by atomic mass is 10.0. The monoisotopic (exact) mass is 243 g/mol. The van der Waals surface area contributed by atoms with E-state index in [0.29, 0.717) is 22.6 Å². The van der Waals surface area contributed by atoms with Gasteiger partial charge in [0.2, 0.25) is 0 Å². The molecular weight excluding hydrogens is 234 g/mol. The molecule has 0 saturated carbocycles. The summed E-state index contributed by atoms with van der Waals surface area (Å²) in [5.74, 6) is 0.132. The zero-order chi connectivity index (χ0) is 12.7. The van der Waals surface area contributed by atoms with E-state index in [2.05, 4.69) is 14.7 Å². The lowest BCUT2D eigenvalue weighted by molar-refractivity contribution is 0.0599. The van der Waals surface area contributed by atoms with Crippen molar-refractivity contribution >= 4 is 11.8 Å². The number of imidazole rings is 1. The Morgan fingerprint density at radius 3 is 3.06 bits per heavy atom. The molecule has 3 rings (SSSR count). The molecule has 0 fully saturated rings. The van der Waals surface area contributed by atoms with Crippen LogP contribution in [0.25, 0.3) is 5.82 Å². The summed E-state index contributed by atoms with van der Waals surface area (Å²) < 4.78 is 6.25. The van der Waals surface area contributed by atoms with Crippen molar-refractivity contribution in [3.05, 3.63) is 41.6 Å². The van der Waals surface area contributed by atoms with Gasteiger partial charge in [0.1, 0.15) is 17.8 Å². The lowest BCUT2D eigenvalue weighted by Crippen LogP contribution is -2.20. The maximum absolute atomic E-state index is 11.9. The summed E-state index contributed by atoms with van der Waals surface area (Å²) in [7, 11) is 1.31. The van der Waals surface area contributed by atoms with E-state index in [4.69, 9.17) is 0 Å². The van der Waals surface area contributed by atoms with Crippen LogP contribution in [0.1, 0.15) is 26.4 Å². The SMILES string of the molecule is COC(=O)c1cnc2c(c1)CC(=O)c1cncn1-2. The Morgan fingerprint density at radius 2 is 2.28 bits per heavy atom. The first kappa shape index (κ1) is 10.6. The first-order valence-corrected chi connectivity index (χ1v) is 5.34. The number of rotatable bonds is 1. The molecule has 0 aliphatic carbocycles. The van der Waals surface area contributed by atoms with Gasteiger partial charge in [-0.3, -0.25) is 9.36 Å². The number of esters is 1. The van der Waals surface area contributed by atoms with Gasteiger partial charge >= 0.3 is 5.97 Å². The summed E-state index contributed by atoms with van der Waals surface area (Å²) in [6.45, 7) is 0. The Morgan fingerprint density at radius 1 is 1.44 bits per heavy atom. The van der Waals surface area contributed by atoms with Crippen LogP contribution < -0.4 is 0 Å². The van der Waals surface area contributed by atoms with E-state index >= 15 is 0 Å². The molecule has 6 heteroatoms. The van der Waals surface area contributed by atoms with Crippen LogP contribution in [-0.2, 0) is 11.2 Å². The van der Waals surface area contributed by atoms with Crippen molar-refractivity contribution in [2.75, 3.05) is 7.11 Å². The molecule has 0 radical (unpaired) electrons. The number of methoxy groups -OCH3 is 1. The predicted molar refractivity (Wildman–Crippen MR) is 60.7 cm³/mol. The smallest absolute Gasteiger partial charge is 0.339 e. The van der Waals surface area contributed by atoms with Crippen LogP contribution >= 0.6 is 0 Å². The van der Waals surface area contributed by atoms with E-state index < -0.39 is 5.97 Å². The second-order valence-electron chi connectivity index (χ2n) is 3.95. The topological polar surface area (TPSA) is 74.1 Å². The van der Waals surface area contributed by atoms with Crippen LogP contribution in [0, 0.1) is 0 Å². The molecule has 0 unspecified atom stereocenters. The standard InChI is InChI=1S/C12H9N3O3/c1-18-12(17)8-2-7-3-10(16)9-5-13-6-15(9)11(7)14-4-8/h2,4-6H,3H2,1H3. The summed E-state index contributed by atoms with van der Waals surface area (Å²) in [4.78, 5) is 31.4. The van der Waals surface area contributed by atoms with E-state index in [-0.39, 0.29) is 12.2 Å². The van der Waals surface area contributed by atoms with Gasteiger partial charge in [0.25, 0.3) is 0 Å². The van der Waals surface area contributed by atoms with E-state index in [0.717, 1.165) is 0 Å². The van der Waals surface area contributed by atoms with Crippen molar-refractivity contribution in [2.45, 2.75) is 6.42 Å². The van der Waals surface area contributed by atoms with Crippen LogP contribution in [0.15, 0.2) is 24.8 Å². The van der Waals surface area contributed by atoms with Crippen LogP contribution in [0.4, 0.5) is 0 Å². The lowest BCUT2D eigenvalue weighted by Gasteiger charge is -2.16. The van der Waals surface area contributed by atoms with Gasteiger partial charge in [0.05, 0.1) is 18.9 Å². The summed E-state index contributed by atoms with van der Waals surface area (Å²) in [5.41, 5.74) is 1.56. The number of hydrogen-bond donors (Lipinski definition) is 0. The van der Waals surface area contributed by atoms with Gasteiger partial charge in [0, 0.05) is 18.2 Å². The molecule has 90 valence electrons. The summed E-state index contributed by atoms with van der Waals surface area (Å²) in [5, 5.41) is 0. The molecule has 0 aromatic carbocycles. The quantitative estimate of drug-likeness (QED) is 0.692. The van der Waals surface area contributed by atoms with Gasteiger partial charge < -0.3 is 4.74 Å². The average Bonchev–Trinajstić information content (AvgIpc) is 2.87.